The van der Waals surface area contributed by atoms with Crippen LogP contribution in [0.15, 0.2) is 18.2 Å². The Morgan fingerprint density at radius 3 is 2.60 bits per heavy atom. The normalized spacial score (nSPS) is 10.9. The van der Waals surface area contributed by atoms with Crippen LogP contribution in [-0.2, 0) is 11.0 Å². The van der Waals surface area contributed by atoms with Gasteiger partial charge in [-0.05, 0) is 31.0 Å². The lowest BCUT2D eigenvalue weighted by Crippen LogP contribution is -2.11. The number of primary amides is 1. The quantitative estimate of drug-likeness (QED) is 0.789. The molecule has 0 saturated heterocycles. The molecule has 0 unspecified atom stereocenters. The first kappa shape index (κ1) is 15.8. The topological polar surface area (TPSA) is 78.9 Å². The Balaban J connectivity index is 2.61. The Labute approximate surface area is 114 Å². The van der Waals surface area contributed by atoms with Crippen LogP contribution in [0.4, 0.5) is 18.9 Å². The molecule has 0 aliphatic carbocycles. The van der Waals surface area contributed by atoms with Gasteiger partial charge >= 0.3 is 6.18 Å². The molecule has 0 aliphatic rings. The molecule has 0 aliphatic heterocycles. The fourth-order valence-electron chi connectivity index (χ4n) is 1.65. The van der Waals surface area contributed by atoms with E-state index >= 15 is 0 Å². The summed E-state index contributed by atoms with van der Waals surface area (Å²) in [6, 6.07) is 4.86. The molecule has 3 N–H and O–H groups in total. The fourth-order valence-corrected chi connectivity index (χ4v) is 1.65. The third kappa shape index (κ3) is 4.80. The SMILES string of the molecule is N#Cc1cc(NCCCCC(N)=O)ccc1C(F)(F)F. The van der Waals surface area contributed by atoms with Crippen LogP contribution in [0.5, 0.6) is 0 Å². The van der Waals surface area contributed by atoms with Crippen LogP contribution in [0, 0.1) is 11.3 Å². The lowest BCUT2D eigenvalue weighted by atomic mass is 10.1. The van der Waals surface area contributed by atoms with Gasteiger partial charge in [0.05, 0.1) is 17.2 Å². The summed E-state index contributed by atoms with van der Waals surface area (Å²) >= 11 is 0. The zero-order valence-corrected chi connectivity index (χ0v) is 10.6. The number of rotatable bonds is 6. The predicted molar refractivity (Wildman–Crippen MR) is 67.7 cm³/mol. The molecule has 1 amide bonds. The summed E-state index contributed by atoms with van der Waals surface area (Å²) in [6.45, 7) is 0.490. The predicted octanol–water partition coefficient (Wildman–Crippen LogP) is 2.64. The third-order valence-electron chi connectivity index (χ3n) is 2.62. The van der Waals surface area contributed by atoms with Gasteiger partial charge < -0.3 is 11.1 Å². The first-order valence-electron chi connectivity index (χ1n) is 5.98. The van der Waals surface area contributed by atoms with Gasteiger partial charge in [0.15, 0.2) is 0 Å². The molecule has 0 radical (unpaired) electrons. The van der Waals surface area contributed by atoms with Crippen LogP contribution in [0.25, 0.3) is 0 Å². The van der Waals surface area contributed by atoms with Crippen molar-refractivity contribution in [2.45, 2.75) is 25.4 Å². The number of benzene rings is 1. The minimum absolute atomic E-state index is 0.276. The third-order valence-corrected chi connectivity index (χ3v) is 2.62. The van der Waals surface area contributed by atoms with Crippen LogP contribution >= 0.6 is 0 Å². The number of carbonyl (C=O) groups is 1. The van der Waals surface area contributed by atoms with Gasteiger partial charge in [0.25, 0.3) is 0 Å². The van der Waals surface area contributed by atoms with E-state index in [4.69, 9.17) is 11.0 Å². The summed E-state index contributed by atoms with van der Waals surface area (Å²) in [6.07, 6.45) is -3.00. The Morgan fingerprint density at radius 1 is 1.35 bits per heavy atom. The molecule has 0 atom stereocenters. The molecule has 7 heteroatoms. The Bertz CT molecular complexity index is 521. The number of carbonyl (C=O) groups excluding carboxylic acids is 1. The largest absolute Gasteiger partial charge is 0.417 e. The molecule has 0 spiro atoms. The number of nitriles is 1. The van der Waals surface area contributed by atoms with Crippen molar-refractivity contribution in [3.8, 4) is 6.07 Å². The minimum Gasteiger partial charge on any atom is -0.385 e. The maximum Gasteiger partial charge on any atom is 0.417 e. The Hall–Kier alpha value is -2.23. The van der Waals surface area contributed by atoms with E-state index in [9.17, 15) is 18.0 Å². The molecule has 1 rings (SSSR count). The van der Waals surface area contributed by atoms with Crippen LogP contribution < -0.4 is 11.1 Å². The number of unbranched alkanes of at least 4 members (excludes halogenated alkanes) is 1. The molecule has 0 aromatic heterocycles. The minimum atomic E-state index is -4.54. The highest BCUT2D eigenvalue weighted by molar-refractivity contribution is 5.73. The summed E-state index contributed by atoms with van der Waals surface area (Å²) in [5.41, 5.74) is 4.06. The lowest BCUT2D eigenvalue weighted by molar-refractivity contribution is -0.137. The van der Waals surface area contributed by atoms with E-state index in [1.807, 2.05) is 0 Å². The van der Waals surface area contributed by atoms with Crippen molar-refractivity contribution in [1.29, 1.82) is 5.26 Å². The van der Waals surface area contributed by atoms with Crippen molar-refractivity contribution < 1.29 is 18.0 Å². The molecule has 0 fully saturated rings. The van der Waals surface area contributed by atoms with E-state index in [1.165, 1.54) is 12.1 Å². The highest BCUT2D eigenvalue weighted by Crippen LogP contribution is 2.32. The van der Waals surface area contributed by atoms with Crippen LogP contribution in [0.1, 0.15) is 30.4 Å². The van der Waals surface area contributed by atoms with Gasteiger partial charge in [-0.25, -0.2) is 0 Å². The first-order chi connectivity index (χ1) is 9.34. The van der Waals surface area contributed by atoms with Crippen LogP contribution in [0.3, 0.4) is 0 Å². The molecule has 1 aromatic carbocycles. The highest BCUT2D eigenvalue weighted by Gasteiger charge is 2.33. The number of nitrogens with zero attached hydrogens (tertiary/aromatic N) is 1. The fraction of sp³-hybridized carbons (Fsp3) is 0.385. The van der Waals surface area contributed by atoms with Gasteiger partial charge in [-0.1, -0.05) is 0 Å². The number of halogens is 3. The molecule has 4 nitrogen and oxygen atoms in total. The van der Waals surface area contributed by atoms with Gasteiger partial charge in [0, 0.05) is 18.7 Å². The average molecular weight is 285 g/mol. The molecule has 0 bridgehead atoms. The second-order valence-corrected chi connectivity index (χ2v) is 4.22. The number of nitrogens with two attached hydrogens (primary N) is 1. The van der Waals surface area contributed by atoms with E-state index in [1.54, 1.807) is 0 Å². The second kappa shape index (κ2) is 6.80. The number of anilines is 1. The van der Waals surface area contributed by atoms with Crippen molar-refractivity contribution in [1.82, 2.24) is 0 Å². The Kier molecular flexibility index (Phi) is 5.38. The molecule has 20 heavy (non-hydrogen) atoms. The lowest BCUT2D eigenvalue weighted by Gasteiger charge is -2.11. The van der Waals surface area contributed by atoms with Gasteiger partial charge in [-0.15, -0.1) is 0 Å². The maximum absolute atomic E-state index is 12.6. The van der Waals surface area contributed by atoms with Crippen molar-refractivity contribution >= 4 is 11.6 Å². The molecular weight excluding hydrogens is 271 g/mol. The number of alkyl halides is 3. The van der Waals surface area contributed by atoms with E-state index in [-0.39, 0.29) is 12.3 Å². The summed E-state index contributed by atoms with van der Waals surface area (Å²) in [5, 5.41) is 11.6. The summed E-state index contributed by atoms with van der Waals surface area (Å²) in [5.74, 6) is -0.383. The second-order valence-electron chi connectivity index (χ2n) is 4.22. The van der Waals surface area contributed by atoms with Crippen molar-refractivity contribution in [2.75, 3.05) is 11.9 Å². The van der Waals surface area contributed by atoms with E-state index in [0.29, 0.717) is 25.1 Å². The molecular formula is C13H14F3N3O. The summed E-state index contributed by atoms with van der Waals surface area (Å²) < 4.78 is 37.7. The standard InChI is InChI=1S/C13H14F3N3O/c14-13(15,16)11-5-4-10(7-9(11)8-17)19-6-2-1-3-12(18)20/h4-5,7,19H,1-3,6H2,(H2,18,20). The van der Waals surface area contributed by atoms with Gasteiger partial charge in [0.1, 0.15) is 0 Å². The number of amides is 1. The highest BCUT2D eigenvalue weighted by atomic mass is 19.4. The monoisotopic (exact) mass is 285 g/mol. The zero-order valence-electron chi connectivity index (χ0n) is 10.6. The van der Waals surface area contributed by atoms with E-state index < -0.39 is 17.3 Å². The van der Waals surface area contributed by atoms with Crippen molar-refractivity contribution in [3.63, 3.8) is 0 Å². The van der Waals surface area contributed by atoms with Gasteiger partial charge in [-0.2, -0.15) is 18.4 Å². The van der Waals surface area contributed by atoms with Crippen LogP contribution in [-0.4, -0.2) is 12.5 Å². The summed E-state index contributed by atoms with van der Waals surface area (Å²) in [4.78, 5) is 10.5. The maximum atomic E-state index is 12.6. The number of nitrogens with one attached hydrogen (secondary N) is 1. The zero-order chi connectivity index (χ0) is 15.2. The average Bonchev–Trinajstić information content (AvgIpc) is 2.36. The Morgan fingerprint density at radius 2 is 2.05 bits per heavy atom. The number of hydrogen-bond acceptors (Lipinski definition) is 3. The molecule has 108 valence electrons. The molecule has 1 aromatic rings. The van der Waals surface area contributed by atoms with E-state index in [2.05, 4.69) is 5.32 Å². The smallest absolute Gasteiger partial charge is 0.385 e. The molecule has 0 heterocycles. The first-order valence-corrected chi connectivity index (χ1v) is 5.98. The number of hydrogen-bond donors (Lipinski definition) is 2. The van der Waals surface area contributed by atoms with Gasteiger partial charge in [-0.3, -0.25) is 4.79 Å². The van der Waals surface area contributed by atoms with Crippen molar-refractivity contribution in [3.05, 3.63) is 29.3 Å². The summed E-state index contributed by atoms with van der Waals surface area (Å²) in [7, 11) is 0. The van der Waals surface area contributed by atoms with Crippen molar-refractivity contribution in [2.24, 2.45) is 5.73 Å². The molecule has 0 saturated carbocycles. The van der Waals surface area contributed by atoms with E-state index in [0.717, 1.165) is 12.1 Å². The van der Waals surface area contributed by atoms with Crippen LogP contribution in [0.2, 0.25) is 0 Å². The van der Waals surface area contributed by atoms with Gasteiger partial charge in [0.2, 0.25) is 5.91 Å².